The fourth-order valence-electron chi connectivity index (χ4n) is 1.48. The molecule has 1 aromatic heterocycles. The van der Waals surface area contributed by atoms with Crippen LogP contribution in [-0.2, 0) is 14.6 Å². The number of hydrogen-bond donors (Lipinski definition) is 1. The van der Waals surface area contributed by atoms with Crippen molar-refractivity contribution in [3.8, 4) is 0 Å². The molecule has 1 heterocycles. The van der Waals surface area contributed by atoms with Crippen molar-refractivity contribution in [3.05, 3.63) is 30.5 Å². The maximum Gasteiger partial charge on any atom is 0.304 e. The van der Waals surface area contributed by atoms with Gasteiger partial charge in [0.1, 0.15) is 5.58 Å². The molecule has 0 unspecified atom stereocenters. The number of sulfone groups is 1. The molecule has 17 heavy (non-hydrogen) atoms. The third-order valence-electron chi connectivity index (χ3n) is 2.37. The molecule has 2 rings (SSSR count). The summed E-state index contributed by atoms with van der Waals surface area (Å²) >= 11 is 0. The van der Waals surface area contributed by atoms with Gasteiger partial charge in [-0.2, -0.15) is 0 Å². The molecule has 90 valence electrons. The van der Waals surface area contributed by atoms with Crippen molar-refractivity contribution >= 4 is 26.8 Å². The van der Waals surface area contributed by atoms with E-state index < -0.39 is 28.0 Å². The monoisotopic (exact) mass is 254 g/mol. The third kappa shape index (κ3) is 2.47. The van der Waals surface area contributed by atoms with Gasteiger partial charge in [0, 0.05) is 5.39 Å². The van der Waals surface area contributed by atoms with E-state index in [0.717, 1.165) is 0 Å². The maximum atomic E-state index is 11.8. The van der Waals surface area contributed by atoms with E-state index in [2.05, 4.69) is 0 Å². The third-order valence-corrected chi connectivity index (χ3v) is 4.08. The smallest absolute Gasteiger partial charge is 0.304 e. The van der Waals surface area contributed by atoms with Gasteiger partial charge in [-0.3, -0.25) is 4.79 Å². The molecule has 5 nitrogen and oxygen atoms in total. The summed E-state index contributed by atoms with van der Waals surface area (Å²) in [6, 6.07) is 6.12. The van der Waals surface area contributed by atoms with E-state index in [1.54, 1.807) is 12.1 Å². The lowest BCUT2D eigenvalue weighted by Gasteiger charge is -2.02. The number of carbonyl (C=O) groups is 1. The van der Waals surface area contributed by atoms with Gasteiger partial charge in [-0.05, 0) is 24.3 Å². The Morgan fingerprint density at radius 1 is 1.29 bits per heavy atom. The van der Waals surface area contributed by atoms with E-state index in [1.807, 2.05) is 0 Å². The topological polar surface area (TPSA) is 84.6 Å². The van der Waals surface area contributed by atoms with Gasteiger partial charge < -0.3 is 9.52 Å². The Morgan fingerprint density at radius 2 is 2.06 bits per heavy atom. The number of aliphatic carboxylic acids is 1. The van der Waals surface area contributed by atoms with Crippen LogP contribution < -0.4 is 0 Å². The Morgan fingerprint density at radius 3 is 2.76 bits per heavy atom. The van der Waals surface area contributed by atoms with Crippen LogP contribution in [0.1, 0.15) is 6.42 Å². The van der Waals surface area contributed by atoms with Crippen LogP contribution >= 0.6 is 0 Å². The highest BCUT2D eigenvalue weighted by molar-refractivity contribution is 7.91. The molecule has 0 aliphatic heterocycles. The molecule has 0 fully saturated rings. The number of benzene rings is 1. The van der Waals surface area contributed by atoms with Crippen molar-refractivity contribution < 1.29 is 22.7 Å². The van der Waals surface area contributed by atoms with Gasteiger partial charge >= 0.3 is 5.97 Å². The zero-order valence-corrected chi connectivity index (χ0v) is 9.61. The molecular formula is C11H10O5S. The molecule has 0 aliphatic carbocycles. The second kappa shape index (κ2) is 4.21. The second-order valence-corrected chi connectivity index (χ2v) is 5.69. The van der Waals surface area contributed by atoms with Crippen LogP contribution in [0.3, 0.4) is 0 Å². The minimum Gasteiger partial charge on any atom is -0.481 e. The van der Waals surface area contributed by atoms with Gasteiger partial charge in [-0.25, -0.2) is 8.42 Å². The average molecular weight is 254 g/mol. The Labute approximate surface area is 97.6 Å². The van der Waals surface area contributed by atoms with E-state index in [1.165, 1.54) is 18.4 Å². The molecule has 0 saturated heterocycles. The van der Waals surface area contributed by atoms with Crippen LogP contribution in [0, 0.1) is 0 Å². The molecule has 1 aromatic carbocycles. The Kier molecular flexibility index (Phi) is 2.89. The Bertz CT molecular complexity index is 653. The number of hydrogen-bond acceptors (Lipinski definition) is 4. The van der Waals surface area contributed by atoms with Crippen molar-refractivity contribution in [3.63, 3.8) is 0 Å². The predicted octanol–water partition coefficient (Wildman–Crippen LogP) is 1.68. The molecule has 0 bridgehead atoms. The highest BCUT2D eigenvalue weighted by atomic mass is 32.2. The zero-order chi connectivity index (χ0) is 12.5. The van der Waals surface area contributed by atoms with Crippen LogP contribution in [0.15, 0.2) is 39.8 Å². The molecule has 2 aromatic rings. The fraction of sp³-hybridized carbons (Fsp3) is 0.182. The van der Waals surface area contributed by atoms with Gasteiger partial charge in [-0.1, -0.05) is 0 Å². The first-order chi connectivity index (χ1) is 7.99. The quantitative estimate of drug-likeness (QED) is 0.897. The maximum absolute atomic E-state index is 11.8. The second-order valence-electron chi connectivity index (χ2n) is 3.58. The first-order valence-electron chi connectivity index (χ1n) is 4.91. The Hall–Kier alpha value is -1.82. The summed E-state index contributed by atoms with van der Waals surface area (Å²) in [7, 11) is -3.55. The SMILES string of the molecule is O=C(O)CCS(=O)(=O)c1ccc2occc2c1. The lowest BCUT2D eigenvalue weighted by atomic mass is 10.3. The number of carboxylic acid groups (broad SMARTS) is 1. The lowest BCUT2D eigenvalue weighted by molar-refractivity contribution is -0.136. The van der Waals surface area contributed by atoms with Crippen molar-refractivity contribution in [1.29, 1.82) is 0 Å². The standard InChI is InChI=1S/C11H10O5S/c12-11(13)4-6-17(14,15)9-1-2-10-8(7-9)3-5-16-10/h1-3,5,7H,4,6H2,(H,12,13). The molecule has 1 N–H and O–H groups in total. The summed E-state index contributed by atoms with van der Waals surface area (Å²) in [6.07, 6.45) is 1.07. The number of carboxylic acids is 1. The molecule has 0 spiro atoms. The average Bonchev–Trinajstić information content (AvgIpc) is 2.73. The van der Waals surface area contributed by atoms with Crippen molar-refractivity contribution in [2.45, 2.75) is 11.3 Å². The van der Waals surface area contributed by atoms with E-state index in [4.69, 9.17) is 9.52 Å². The molecule has 0 amide bonds. The van der Waals surface area contributed by atoms with Gasteiger partial charge in [0.05, 0.1) is 23.3 Å². The summed E-state index contributed by atoms with van der Waals surface area (Å²) in [5.41, 5.74) is 0.599. The highest BCUT2D eigenvalue weighted by Gasteiger charge is 2.16. The van der Waals surface area contributed by atoms with E-state index in [0.29, 0.717) is 11.0 Å². The summed E-state index contributed by atoms with van der Waals surface area (Å²) in [6.45, 7) is 0. The fourth-order valence-corrected chi connectivity index (χ4v) is 2.74. The van der Waals surface area contributed by atoms with E-state index >= 15 is 0 Å². The summed E-state index contributed by atoms with van der Waals surface area (Å²) < 4.78 is 28.7. The highest BCUT2D eigenvalue weighted by Crippen LogP contribution is 2.21. The molecule has 0 aliphatic rings. The number of rotatable bonds is 4. The van der Waals surface area contributed by atoms with E-state index in [9.17, 15) is 13.2 Å². The largest absolute Gasteiger partial charge is 0.481 e. The minimum atomic E-state index is -3.55. The van der Waals surface area contributed by atoms with Crippen molar-refractivity contribution in [1.82, 2.24) is 0 Å². The van der Waals surface area contributed by atoms with Crippen LogP contribution in [0.2, 0.25) is 0 Å². The lowest BCUT2D eigenvalue weighted by Crippen LogP contribution is -2.10. The molecule has 6 heteroatoms. The van der Waals surface area contributed by atoms with Gasteiger partial charge in [-0.15, -0.1) is 0 Å². The van der Waals surface area contributed by atoms with Crippen molar-refractivity contribution in [2.24, 2.45) is 0 Å². The van der Waals surface area contributed by atoms with Crippen LogP contribution in [0.4, 0.5) is 0 Å². The van der Waals surface area contributed by atoms with E-state index in [-0.39, 0.29) is 4.90 Å². The van der Waals surface area contributed by atoms with Gasteiger partial charge in [0.25, 0.3) is 0 Å². The predicted molar refractivity (Wildman–Crippen MR) is 60.5 cm³/mol. The van der Waals surface area contributed by atoms with Crippen LogP contribution in [-0.4, -0.2) is 25.2 Å². The summed E-state index contributed by atoms with van der Waals surface area (Å²) in [5.74, 6) is -1.52. The first-order valence-corrected chi connectivity index (χ1v) is 6.56. The van der Waals surface area contributed by atoms with Crippen molar-refractivity contribution in [2.75, 3.05) is 5.75 Å². The van der Waals surface area contributed by atoms with Gasteiger partial charge in [0.15, 0.2) is 9.84 Å². The van der Waals surface area contributed by atoms with Gasteiger partial charge in [0.2, 0.25) is 0 Å². The molecular weight excluding hydrogens is 244 g/mol. The molecule has 0 radical (unpaired) electrons. The van der Waals surface area contributed by atoms with Crippen LogP contribution in [0.5, 0.6) is 0 Å². The number of furan rings is 1. The first kappa shape index (κ1) is 11.7. The normalized spacial score (nSPS) is 11.8. The Balaban J connectivity index is 2.34. The molecule has 0 saturated carbocycles. The minimum absolute atomic E-state index is 0.118. The molecule has 0 atom stereocenters. The van der Waals surface area contributed by atoms with Crippen LogP contribution in [0.25, 0.3) is 11.0 Å². The zero-order valence-electron chi connectivity index (χ0n) is 8.79. The summed E-state index contributed by atoms with van der Waals surface area (Å²) in [5, 5.41) is 9.16. The number of fused-ring (bicyclic) bond motifs is 1. The summed E-state index contributed by atoms with van der Waals surface area (Å²) in [4.78, 5) is 10.5.